The van der Waals surface area contributed by atoms with Crippen molar-refractivity contribution in [3.8, 4) is 0 Å². The third-order valence-electron chi connectivity index (χ3n) is 1.41. The Morgan fingerprint density at radius 3 is 1.75 bits per heavy atom. The molecule has 0 aliphatic rings. The van der Waals surface area contributed by atoms with Crippen LogP contribution in [0.25, 0.3) is 0 Å². The average Bonchev–Trinajstić information content (AvgIpc) is 1.88. The van der Waals surface area contributed by atoms with E-state index in [4.69, 9.17) is 7.85 Å². The summed E-state index contributed by atoms with van der Waals surface area (Å²) >= 11 is 0. The quantitative estimate of drug-likeness (QED) is 0.489. The number of anilines is 1. The van der Waals surface area contributed by atoms with Crippen LogP contribution >= 0.6 is 0 Å². The van der Waals surface area contributed by atoms with E-state index in [1.54, 1.807) is 0 Å². The number of hydrogen-bond donors (Lipinski definition) is 0. The van der Waals surface area contributed by atoms with Crippen LogP contribution in [0.5, 0.6) is 0 Å². The van der Waals surface area contributed by atoms with Crippen molar-refractivity contribution in [3.05, 3.63) is 24.3 Å². The molecule has 0 amide bonds. The lowest BCUT2D eigenvalue weighted by Crippen LogP contribution is -2.10. The minimum Gasteiger partial charge on any atom is -0.412 e. The van der Waals surface area contributed by atoms with Crippen molar-refractivity contribution < 1.29 is 11.0 Å². The summed E-state index contributed by atoms with van der Waals surface area (Å²) in [7, 11) is 9.52. The van der Waals surface area contributed by atoms with Gasteiger partial charge in [0.05, 0.1) is 0 Å². The summed E-state index contributed by atoms with van der Waals surface area (Å²) in [6.07, 6.45) is 0. The maximum absolute atomic E-state index is 5.51. The number of rotatable bonds is 1. The van der Waals surface area contributed by atoms with E-state index in [1.807, 2.05) is 43.3 Å². The fourth-order valence-corrected chi connectivity index (χ4v) is 0.772. The van der Waals surface area contributed by atoms with Crippen LogP contribution in [-0.2, 0) is 0 Å². The van der Waals surface area contributed by atoms with Gasteiger partial charge >= 0.3 is 0 Å². The van der Waals surface area contributed by atoms with Crippen LogP contribution in [0.1, 0.15) is 0 Å². The van der Waals surface area contributed by atoms with Gasteiger partial charge in [0.25, 0.3) is 0 Å². The van der Waals surface area contributed by atoms with E-state index in [-0.39, 0.29) is 11.0 Å². The molecule has 0 saturated carbocycles. The highest BCUT2D eigenvalue weighted by molar-refractivity contribution is 6.32. The van der Waals surface area contributed by atoms with Crippen LogP contribution in [-0.4, -0.2) is 32.9 Å². The lowest BCUT2D eigenvalue weighted by molar-refractivity contribution is 0.823. The van der Waals surface area contributed by atoms with E-state index in [1.165, 1.54) is 5.69 Å². The van der Waals surface area contributed by atoms with Gasteiger partial charge in [-0.2, -0.15) is 0 Å². The first-order valence-corrected chi connectivity index (χ1v) is 3.23. The Morgan fingerprint density at radius 2 is 1.42 bits per heavy atom. The highest BCUT2D eigenvalue weighted by Crippen LogP contribution is 2.06. The molecule has 0 unspecified atom stereocenters. The zero-order chi connectivity index (χ0) is 7.56. The molecule has 3 nitrogen and oxygen atoms in total. The van der Waals surface area contributed by atoms with E-state index >= 15 is 0 Å². The Kier molecular flexibility index (Phi) is 6.37. The van der Waals surface area contributed by atoms with Gasteiger partial charge in [0, 0.05) is 19.8 Å². The normalized spacial score (nSPS) is 7.83. The molecule has 2 radical (unpaired) electrons. The van der Waals surface area contributed by atoms with Crippen LogP contribution in [0, 0.1) is 0 Å². The first-order valence-electron chi connectivity index (χ1n) is 3.23. The molecule has 0 spiro atoms. The average molecular weight is 167 g/mol. The van der Waals surface area contributed by atoms with Gasteiger partial charge in [0.2, 0.25) is 0 Å². The van der Waals surface area contributed by atoms with E-state index in [0.717, 1.165) is 5.46 Å². The minimum atomic E-state index is 0. The predicted octanol–water partition coefficient (Wildman–Crippen LogP) is -1.10. The van der Waals surface area contributed by atoms with Gasteiger partial charge in [-0.05, 0) is 12.1 Å². The Labute approximate surface area is 74.0 Å². The molecule has 12 heavy (non-hydrogen) atoms. The predicted molar refractivity (Wildman–Crippen MR) is 53.4 cm³/mol. The standard InChI is InChI=1S/C8H10BN.2H2O/c1-10(2)8-5-3-7(9)4-6-8;;/h3-6H,1-2H3;2*1H2. The van der Waals surface area contributed by atoms with Gasteiger partial charge in [-0.25, -0.2) is 0 Å². The van der Waals surface area contributed by atoms with Gasteiger partial charge in [-0.3, -0.25) is 0 Å². The summed E-state index contributed by atoms with van der Waals surface area (Å²) in [6, 6.07) is 7.79. The van der Waals surface area contributed by atoms with Gasteiger partial charge in [-0.15, -0.1) is 0 Å². The summed E-state index contributed by atoms with van der Waals surface area (Å²) in [6.45, 7) is 0. The zero-order valence-corrected chi connectivity index (χ0v) is 7.33. The first-order chi connectivity index (χ1) is 4.70. The Bertz CT molecular complexity index is 211. The van der Waals surface area contributed by atoms with Crippen LogP contribution in [0.4, 0.5) is 5.69 Å². The first kappa shape index (κ1) is 13.6. The molecule has 0 atom stereocenters. The summed E-state index contributed by atoms with van der Waals surface area (Å²) in [5.74, 6) is 0. The van der Waals surface area contributed by atoms with Crippen LogP contribution in [0.2, 0.25) is 0 Å². The molecular formula is C8H14BNO2. The number of benzene rings is 1. The van der Waals surface area contributed by atoms with E-state index in [9.17, 15) is 0 Å². The summed E-state index contributed by atoms with van der Waals surface area (Å²) < 4.78 is 0. The van der Waals surface area contributed by atoms with E-state index in [2.05, 4.69) is 0 Å². The van der Waals surface area contributed by atoms with Gasteiger partial charge in [0.15, 0.2) is 0 Å². The second-order valence-electron chi connectivity index (χ2n) is 2.49. The monoisotopic (exact) mass is 167 g/mol. The van der Waals surface area contributed by atoms with Crippen LogP contribution in [0.3, 0.4) is 0 Å². The second kappa shape index (κ2) is 5.63. The second-order valence-corrected chi connectivity index (χ2v) is 2.49. The van der Waals surface area contributed by atoms with Crippen molar-refractivity contribution >= 4 is 19.0 Å². The Hall–Kier alpha value is -0.995. The highest BCUT2D eigenvalue weighted by atomic mass is 16.0. The maximum Gasteiger partial charge on any atom is 0.113 e. The van der Waals surface area contributed by atoms with Crippen molar-refractivity contribution in [3.63, 3.8) is 0 Å². The number of hydrogen-bond acceptors (Lipinski definition) is 1. The third kappa shape index (κ3) is 3.41. The SMILES string of the molecule is O.O.[B]c1ccc(N(C)C)cc1. The lowest BCUT2D eigenvalue weighted by atomic mass is 9.96. The van der Waals surface area contributed by atoms with Crippen LogP contribution < -0.4 is 10.4 Å². The van der Waals surface area contributed by atoms with E-state index < -0.39 is 0 Å². The molecular weight excluding hydrogens is 153 g/mol. The molecule has 0 saturated heterocycles. The Morgan fingerprint density at radius 1 is 1.00 bits per heavy atom. The summed E-state index contributed by atoms with van der Waals surface area (Å²) in [5.41, 5.74) is 1.99. The molecule has 0 aliphatic carbocycles. The van der Waals surface area contributed by atoms with Crippen molar-refractivity contribution in [1.82, 2.24) is 0 Å². The van der Waals surface area contributed by atoms with E-state index in [0.29, 0.717) is 0 Å². The van der Waals surface area contributed by atoms with Crippen molar-refractivity contribution in [1.29, 1.82) is 0 Å². The minimum absolute atomic E-state index is 0. The fraction of sp³-hybridized carbons (Fsp3) is 0.250. The van der Waals surface area contributed by atoms with Crippen molar-refractivity contribution in [2.45, 2.75) is 0 Å². The van der Waals surface area contributed by atoms with Gasteiger partial charge < -0.3 is 15.9 Å². The molecule has 1 rings (SSSR count). The summed E-state index contributed by atoms with van der Waals surface area (Å²) in [5, 5.41) is 0. The highest BCUT2D eigenvalue weighted by Gasteiger charge is 1.90. The largest absolute Gasteiger partial charge is 0.412 e. The van der Waals surface area contributed by atoms with Crippen molar-refractivity contribution in [2.24, 2.45) is 0 Å². The molecule has 1 aromatic rings. The molecule has 66 valence electrons. The van der Waals surface area contributed by atoms with Crippen molar-refractivity contribution in [2.75, 3.05) is 19.0 Å². The molecule has 4 heteroatoms. The number of nitrogens with zero attached hydrogens (tertiary/aromatic N) is 1. The maximum atomic E-state index is 5.51. The Balaban J connectivity index is 0. The topological polar surface area (TPSA) is 66.2 Å². The molecule has 1 aromatic carbocycles. The molecule has 0 fully saturated rings. The van der Waals surface area contributed by atoms with Gasteiger partial charge in [0.1, 0.15) is 7.85 Å². The third-order valence-corrected chi connectivity index (χ3v) is 1.41. The fourth-order valence-electron chi connectivity index (χ4n) is 0.772. The molecule has 0 heterocycles. The van der Waals surface area contributed by atoms with Gasteiger partial charge in [-0.1, -0.05) is 17.6 Å². The smallest absolute Gasteiger partial charge is 0.113 e. The molecule has 0 aliphatic heterocycles. The molecule has 0 aromatic heterocycles. The lowest BCUT2D eigenvalue weighted by Gasteiger charge is -2.11. The zero-order valence-electron chi connectivity index (χ0n) is 7.33. The molecule has 4 N–H and O–H groups in total. The van der Waals surface area contributed by atoms with Crippen LogP contribution in [0.15, 0.2) is 24.3 Å². The molecule has 0 bridgehead atoms. The summed E-state index contributed by atoms with van der Waals surface area (Å²) in [4.78, 5) is 2.04.